The number of aliphatic hydroxyl groups is 2. The van der Waals surface area contributed by atoms with Gasteiger partial charge in [0.2, 0.25) is 23.5 Å². The first kappa shape index (κ1) is 61.4. The summed E-state index contributed by atoms with van der Waals surface area (Å²) in [6, 6.07) is 16.3. The number of benzene rings is 4. The number of fused-ring (bicyclic) bond motifs is 4. The molecule has 2 aliphatic carbocycles. The summed E-state index contributed by atoms with van der Waals surface area (Å²) >= 11 is 0. The van der Waals surface area contributed by atoms with Crippen LogP contribution < -0.4 is 32.2 Å². The molecule has 26 nitrogen and oxygen atoms in total. The summed E-state index contributed by atoms with van der Waals surface area (Å²) in [4.78, 5) is 118. The normalized spacial score (nSPS) is 22.0. The standard InChI is InChI=1S/C54H62N6O16.H3O4P/c1-27(56)50(67)59-35(20-29-10-5-4-6-11-29)52(69)58-34(13-7-8-19-55)51(68)57-31-17-15-30(16-18-31)25-73-53(70)60-26-74-49-28(2)75-40(21-36(49)60)76-38-23-54(71,39(62)24-61)22-33-42(38)48(66)44-43(46(33)64)45(63)32-12-9-14-37(72-3)41(32)47(44)65;1-5(2,3)4/h4-6,9-12,14-18,27-28,34-36,38,40,49,61,64,66,71H,7-8,13,19-26,55-56H2,1-3H3,(H,57,68)(H,58,69)(H,59,67);(H3,1,2,3,4)/t27-,28+,34+,35+,36+,38+,40+,49-,54+;/m1./s1. The Morgan fingerprint density at radius 1 is 0.864 bits per heavy atom. The molecular formula is C54H65N6O20P. The second-order valence-corrected chi connectivity index (χ2v) is 21.0. The zero-order valence-electron chi connectivity index (χ0n) is 44.3. The maximum atomic E-state index is 14.1. The van der Waals surface area contributed by atoms with Gasteiger partial charge in [-0.05, 0) is 69.0 Å². The molecule has 2 fully saturated rings. The van der Waals surface area contributed by atoms with Crippen LogP contribution >= 0.6 is 7.82 Å². The average Bonchev–Trinajstić information content (AvgIpc) is 3.12. The van der Waals surface area contributed by atoms with Crippen LogP contribution in [-0.4, -0.2) is 156 Å². The number of anilines is 1. The monoisotopic (exact) mass is 1150 g/mol. The number of Topliss-reactive ketones (excluding diaryl/α,β-unsaturated/α-hetero) is 1. The lowest BCUT2D eigenvalue weighted by molar-refractivity contribution is -0.246. The molecule has 0 saturated carbocycles. The predicted molar refractivity (Wildman–Crippen MR) is 283 cm³/mol. The molecule has 0 radical (unpaired) electrons. The fraction of sp³-hybridized carbons (Fsp3) is 0.426. The summed E-state index contributed by atoms with van der Waals surface area (Å²) in [5.41, 5.74) is 9.14. The van der Waals surface area contributed by atoms with Gasteiger partial charge in [0.25, 0.3) is 0 Å². The number of ketones is 3. The summed E-state index contributed by atoms with van der Waals surface area (Å²) in [6.07, 6.45) is -4.56. The van der Waals surface area contributed by atoms with Crippen molar-refractivity contribution < 1.29 is 96.9 Å². The Labute approximate surface area is 463 Å². The van der Waals surface area contributed by atoms with Crippen LogP contribution in [0.15, 0.2) is 72.8 Å². The van der Waals surface area contributed by atoms with Crippen molar-refractivity contribution in [2.75, 3.05) is 32.3 Å². The van der Waals surface area contributed by atoms with Gasteiger partial charge in [-0.2, -0.15) is 0 Å². The van der Waals surface area contributed by atoms with Crippen LogP contribution in [0.25, 0.3) is 0 Å². The Morgan fingerprint density at radius 3 is 2.17 bits per heavy atom. The number of carbonyl (C=O) groups excluding carboxylic acids is 7. The van der Waals surface area contributed by atoms with Gasteiger partial charge in [0.15, 0.2) is 17.9 Å². The second-order valence-electron chi connectivity index (χ2n) is 19.9. The molecular weight excluding hydrogens is 1080 g/mol. The van der Waals surface area contributed by atoms with Crippen molar-refractivity contribution in [2.24, 2.45) is 11.5 Å². The van der Waals surface area contributed by atoms with Crippen molar-refractivity contribution in [3.63, 3.8) is 0 Å². The quantitative estimate of drug-likeness (QED) is 0.0316. The third-order valence-electron chi connectivity index (χ3n) is 14.2. The zero-order valence-corrected chi connectivity index (χ0v) is 45.2. The number of aliphatic hydroxyl groups excluding tert-OH is 1. The van der Waals surface area contributed by atoms with Gasteiger partial charge >= 0.3 is 13.9 Å². The number of aromatic hydroxyl groups is 2. The van der Waals surface area contributed by atoms with Gasteiger partial charge in [0.05, 0.1) is 48.1 Å². The van der Waals surface area contributed by atoms with Gasteiger partial charge in [-0.25, -0.2) is 9.36 Å². The Bertz CT molecular complexity index is 3060. The van der Waals surface area contributed by atoms with E-state index in [1.165, 1.54) is 37.1 Å². The van der Waals surface area contributed by atoms with E-state index in [0.29, 0.717) is 30.6 Å². The van der Waals surface area contributed by atoms with E-state index in [1.54, 1.807) is 31.2 Å². The largest absolute Gasteiger partial charge is 0.507 e. The first-order chi connectivity index (χ1) is 38.4. The number of phenols is 2. The molecule has 4 aromatic rings. The summed E-state index contributed by atoms with van der Waals surface area (Å²) in [7, 11) is -3.33. The minimum Gasteiger partial charge on any atom is -0.507 e. The minimum absolute atomic E-state index is 0.0510. The van der Waals surface area contributed by atoms with E-state index in [9.17, 15) is 54.0 Å². The molecule has 4 aromatic carbocycles. The zero-order chi connectivity index (χ0) is 59.1. The van der Waals surface area contributed by atoms with Gasteiger partial charge in [-0.3, -0.25) is 33.7 Å². The Morgan fingerprint density at radius 2 is 1.53 bits per heavy atom. The van der Waals surface area contributed by atoms with Crippen molar-refractivity contribution in [1.82, 2.24) is 15.5 Å². The van der Waals surface area contributed by atoms with E-state index in [-0.39, 0.29) is 60.6 Å². The Balaban J connectivity index is 0.00000181. The van der Waals surface area contributed by atoms with Crippen molar-refractivity contribution >= 4 is 54.7 Å². The number of unbranched alkanes of at least 4 members (excludes halogenated alkanes) is 1. The first-order valence-electron chi connectivity index (χ1n) is 25.8. The molecule has 4 amide bonds. The second kappa shape index (κ2) is 26.1. The van der Waals surface area contributed by atoms with Crippen LogP contribution in [0, 0.1) is 0 Å². The Kier molecular flexibility index (Phi) is 19.8. The number of nitrogens with zero attached hydrogens (tertiary/aromatic N) is 1. The molecule has 2 saturated heterocycles. The van der Waals surface area contributed by atoms with E-state index in [2.05, 4.69) is 16.0 Å². The molecule has 9 atom stereocenters. The lowest BCUT2D eigenvalue weighted by Gasteiger charge is -2.42. The third-order valence-corrected chi connectivity index (χ3v) is 14.2. The fourth-order valence-corrected chi connectivity index (χ4v) is 10.2. The lowest BCUT2D eigenvalue weighted by Crippen LogP contribution is -2.55. The highest BCUT2D eigenvalue weighted by molar-refractivity contribution is 7.45. The van der Waals surface area contributed by atoms with Gasteiger partial charge in [-0.1, -0.05) is 54.6 Å². The molecule has 0 bridgehead atoms. The molecule has 4 aliphatic rings. The maximum absolute atomic E-state index is 14.1. The lowest BCUT2D eigenvalue weighted by atomic mass is 9.72. The summed E-state index contributed by atoms with van der Waals surface area (Å²) < 4.78 is 38.5. The number of hydrogen-bond donors (Lipinski definition) is 12. The minimum atomic E-state index is -4.64. The van der Waals surface area contributed by atoms with Crippen LogP contribution in [-0.2, 0) is 62.1 Å². The number of phosphoric acid groups is 1. The molecule has 436 valence electrons. The van der Waals surface area contributed by atoms with Gasteiger partial charge in [-0.15, -0.1) is 0 Å². The third kappa shape index (κ3) is 14.3. The topological polar surface area (TPSA) is 416 Å². The van der Waals surface area contributed by atoms with Gasteiger partial charge < -0.3 is 86.2 Å². The van der Waals surface area contributed by atoms with E-state index in [1.807, 2.05) is 30.3 Å². The van der Waals surface area contributed by atoms with E-state index in [4.69, 9.17) is 54.4 Å². The number of methoxy groups -OCH3 is 1. The van der Waals surface area contributed by atoms with E-state index >= 15 is 0 Å². The number of ether oxygens (including phenoxy) is 5. The van der Waals surface area contributed by atoms with Gasteiger partial charge in [0.1, 0.15) is 61.0 Å². The average molecular weight is 1150 g/mol. The molecule has 14 N–H and O–H groups in total. The number of rotatable bonds is 19. The highest BCUT2D eigenvalue weighted by atomic mass is 31.2. The highest BCUT2D eigenvalue weighted by Crippen LogP contribution is 2.53. The van der Waals surface area contributed by atoms with Crippen LogP contribution in [0.5, 0.6) is 17.2 Å². The number of nitrogens with one attached hydrogen (secondary N) is 3. The number of amides is 4. The van der Waals surface area contributed by atoms with Crippen LogP contribution in [0.2, 0.25) is 0 Å². The van der Waals surface area contributed by atoms with Crippen molar-refractivity contribution in [3.05, 3.63) is 117 Å². The SMILES string of the molecule is COc1cccc2c1C(=O)c1c(O)c3c(c(O)c1C2=O)C[C@@](O)(C(=O)CO)C[C@@H]3O[C@H]1C[C@H]2[C@H](OCN2C(=O)OCc2ccc(NC(=O)[C@H](CCCCN)NC(=O)[C@H](Cc3ccccc3)NC(=O)[C@@H](C)N)cc2)[C@H](C)O1.O=P(O)(O)O. The molecule has 0 aromatic heterocycles. The molecule has 2 heterocycles. The fourth-order valence-electron chi connectivity index (χ4n) is 10.2. The summed E-state index contributed by atoms with van der Waals surface area (Å²) in [5.74, 6) is -5.72. The molecule has 81 heavy (non-hydrogen) atoms. The molecule has 27 heteroatoms. The number of phenolic OH excluding ortho intramolecular Hbond substituents is 2. The molecule has 2 aliphatic heterocycles. The smallest absolute Gasteiger partial charge is 0.466 e. The Hall–Kier alpha value is -7.20. The van der Waals surface area contributed by atoms with Crippen LogP contribution in [0.4, 0.5) is 10.5 Å². The first-order valence-corrected chi connectivity index (χ1v) is 27.3. The highest BCUT2D eigenvalue weighted by Gasteiger charge is 2.52. The number of hydrogen-bond acceptors (Lipinski definition) is 19. The van der Waals surface area contributed by atoms with E-state index < -0.39 is 145 Å². The predicted octanol–water partition coefficient (Wildman–Crippen LogP) is 1.38. The van der Waals surface area contributed by atoms with Crippen molar-refractivity contribution in [3.8, 4) is 17.2 Å². The van der Waals surface area contributed by atoms with Crippen molar-refractivity contribution in [2.45, 2.75) is 120 Å². The van der Waals surface area contributed by atoms with E-state index in [0.717, 1.165) is 5.56 Å². The number of carbonyl (C=O) groups is 7. The molecule has 0 spiro atoms. The summed E-state index contributed by atoms with van der Waals surface area (Å²) in [5, 5.41) is 53.6. The summed E-state index contributed by atoms with van der Waals surface area (Å²) in [6.45, 7) is 2.09. The van der Waals surface area contributed by atoms with Gasteiger partial charge in [0, 0.05) is 48.1 Å². The molecule has 0 unspecified atom stereocenters. The molecule has 8 rings (SSSR count). The van der Waals surface area contributed by atoms with Crippen LogP contribution in [0.3, 0.4) is 0 Å². The van der Waals surface area contributed by atoms with Crippen LogP contribution in [0.1, 0.15) is 106 Å². The number of nitrogens with two attached hydrogens (primary N) is 2. The van der Waals surface area contributed by atoms with Crippen molar-refractivity contribution in [1.29, 1.82) is 0 Å². The maximum Gasteiger partial charge on any atom is 0.466 e.